The van der Waals surface area contributed by atoms with E-state index >= 15 is 0 Å². The molecule has 2 atom stereocenters. The third-order valence-corrected chi connectivity index (χ3v) is 5.71. The minimum absolute atomic E-state index is 0.122. The molecule has 0 aliphatic carbocycles. The standard InChI is InChI=1S/C19H23NO4S/c1-12-7-8-13(25-12)9-20-10-15(16(11-20)19(21)22)14-5-4-6-17(23-2)18(14)24-3/h4-8,15-16H,9-11H2,1-3H3,(H,21,22)/t15-,16+/m0/s1. The quantitative estimate of drug-likeness (QED) is 0.855. The van der Waals surface area contributed by atoms with Crippen LogP contribution >= 0.6 is 11.3 Å². The number of benzene rings is 1. The molecule has 2 aromatic rings. The lowest BCUT2D eigenvalue weighted by molar-refractivity contribution is -0.141. The van der Waals surface area contributed by atoms with Crippen molar-refractivity contribution in [3.8, 4) is 11.5 Å². The van der Waals surface area contributed by atoms with Crippen LogP contribution < -0.4 is 9.47 Å². The first-order chi connectivity index (χ1) is 12.0. The molecule has 0 amide bonds. The number of nitrogens with zero attached hydrogens (tertiary/aromatic N) is 1. The predicted octanol–water partition coefficient (Wildman–Crippen LogP) is 3.37. The van der Waals surface area contributed by atoms with Crippen LogP contribution in [0, 0.1) is 12.8 Å². The fraction of sp³-hybridized carbons (Fsp3) is 0.421. The average molecular weight is 361 g/mol. The molecule has 2 heterocycles. The third-order valence-electron chi connectivity index (χ3n) is 4.72. The summed E-state index contributed by atoms with van der Waals surface area (Å²) in [6, 6.07) is 9.89. The van der Waals surface area contributed by atoms with Crippen molar-refractivity contribution in [1.29, 1.82) is 0 Å². The SMILES string of the molecule is COc1cccc([C@@H]2CN(Cc3ccc(C)s3)C[C@H]2C(=O)O)c1OC. The number of carboxylic acid groups (broad SMARTS) is 1. The number of para-hydroxylation sites is 1. The second kappa shape index (κ2) is 7.45. The molecule has 0 spiro atoms. The molecule has 1 N–H and O–H groups in total. The highest BCUT2D eigenvalue weighted by Gasteiger charge is 2.40. The summed E-state index contributed by atoms with van der Waals surface area (Å²) in [7, 11) is 3.19. The number of hydrogen-bond acceptors (Lipinski definition) is 5. The first-order valence-corrected chi connectivity index (χ1v) is 9.06. The van der Waals surface area contributed by atoms with Gasteiger partial charge in [-0.2, -0.15) is 0 Å². The zero-order valence-electron chi connectivity index (χ0n) is 14.7. The number of likely N-dealkylation sites (tertiary alicyclic amines) is 1. The van der Waals surface area contributed by atoms with Gasteiger partial charge in [0.15, 0.2) is 11.5 Å². The fourth-order valence-electron chi connectivity index (χ4n) is 3.57. The van der Waals surface area contributed by atoms with Gasteiger partial charge in [0.1, 0.15) is 0 Å². The largest absolute Gasteiger partial charge is 0.493 e. The summed E-state index contributed by atoms with van der Waals surface area (Å²) in [6.45, 7) is 4.10. The second-order valence-corrected chi connectivity index (χ2v) is 7.71. The molecule has 6 heteroatoms. The van der Waals surface area contributed by atoms with Gasteiger partial charge in [-0.15, -0.1) is 11.3 Å². The second-order valence-electron chi connectivity index (χ2n) is 6.34. The molecule has 1 aromatic heterocycles. The highest BCUT2D eigenvalue weighted by molar-refractivity contribution is 7.11. The van der Waals surface area contributed by atoms with Crippen LogP contribution in [-0.2, 0) is 11.3 Å². The summed E-state index contributed by atoms with van der Waals surface area (Å²) in [5, 5.41) is 9.73. The predicted molar refractivity (Wildman–Crippen MR) is 97.7 cm³/mol. The van der Waals surface area contributed by atoms with Gasteiger partial charge in [0.25, 0.3) is 0 Å². The highest BCUT2D eigenvalue weighted by Crippen LogP contribution is 2.42. The van der Waals surface area contributed by atoms with Crippen LogP contribution in [-0.4, -0.2) is 43.3 Å². The van der Waals surface area contributed by atoms with Crippen LogP contribution in [0.2, 0.25) is 0 Å². The average Bonchev–Trinajstić information content (AvgIpc) is 3.20. The Morgan fingerprint density at radius 1 is 1.24 bits per heavy atom. The first kappa shape index (κ1) is 17.8. The molecule has 25 heavy (non-hydrogen) atoms. The van der Waals surface area contributed by atoms with Gasteiger partial charge in [-0.1, -0.05) is 12.1 Å². The van der Waals surface area contributed by atoms with Crippen molar-refractivity contribution < 1.29 is 19.4 Å². The maximum Gasteiger partial charge on any atom is 0.308 e. The van der Waals surface area contributed by atoms with Gasteiger partial charge in [-0.25, -0.2) is 0 Å². The zero-order valence-corrected chi connectivity index (χ0v) is 15.5. The van der Waals surface area contributed by atoms with Crippen LogP contribution in [0.1, 0.15) is 21.2 Å². The number of rotatable bonds is 6. The Kier molecular flexibility index (Phi) is 5.30. The number of thiophene rings is 1. The van der Waals surface area contributed by atoms with Crippen LogP contribution in [0.4, 0.5) is 0 Å². The molecule has 134 valence electrons. The molecule has 5 nitrogen and oxygen atoms in total. The van der Waals surface area contributed by atoms with Crippen molar-refractivity contribution >= 4 is 17.3 Å². The Balaban J connectivity index is 1.88. The van der Waals surface area contributed by atoms with E-state index in [1.165, 1.54) is 9.75 Å². The molecule has 0 saturated carbocycles. The smallest absolute Gasteiger partial charge is 0.308 e. The molecule has 0 radical (unpaired) electrons. The Morgan fingerprint density at radius 3 is 2.64 bits per heavy atom. The van der Waals surface area contributed by atoms with E-state index in [0.29, 0.717) is 24.6 Å². The summed E-state index contributed by atoms with van der Waals surface area (Å²) >= 11 is 1.76. The summed E-state index contributed by atoms with van der Waals surface area (Å²) in [5.41, 5.74) is 0.902. The van der Waals surface area contributed by atoms with E-state index in [1.807, 2.05) is 18.2 Å². The molecule has 3 rings (SSSR count). The maximum atomic E-state index is 11.8. The van der Waals surface area contributed by atoms with E-state index < -0.39 is 11.9 Å². The Bertz CT molecular complexity index is 758. The van der Waals surface area contributed by atoms with Gasteiger partial charge >= 0.3 is 5.97 Å². The number of aryl methyl sites for hydroxylation is 1. The van der Waals surface area contributed by atoms with Crippen molar-refractivity contribution in [1.82, 2.24) is 4.90 Å². The number of ether oxygens (including phenoxy) is 2. The molecule has 0 unspecified atom stereocenters. The maximum absolute atomic E-state index is 11.8. The Labute approximate surface area is 151 Å². The van der Waals surface area contributed by atoms with Gasteiger partial charge in [-0.3, -0.25) is 9.69 Å². The lowest BCUT2D eigenvalue weighted by Gasteiger charge is -2.20. The molecule has 1 aliphatic heterocycles. The minimum atomic E-state index is -0.764. The lowest BCUT2D eigenvalue weighted by atomic mass is 9.88. The lowest BCUT2D eigenvalue weighted by Crippen LogP contribution is -2.23. The van der Waals surface area contributed by atoms with Gasteiger partial charge in [0.2, 0.25) is 0 Å². The Morgan fingerprint density at radius 2 is 2.04 bits per heavy atom. The number of carbonyl (C=O) groups is 1. The molecule has 1 saturated heterocycles. The molecular weight excluding hydrogens is 338 g/mol. The molecule has 1 aliphatic rings. The summed E-state index contributed by atoms with van der Waals surface area (Å²) < 4.78 is 10.9. The molecule has 0 bridgehead atoms. The van der Waals surface area contributed by atoms with Gasteiger partial charge in [0.05, 0.1) is 20.1 Å². The summed E-state index contributed by atoms with van der Waals surface area (Å²) in [5.74, 6) is -0.0723. The number of hydrogen-bond donors (Lipinski definition) is 1. The van der Waals surface area contributed by atoms with Crippen LogP contribution in [0.15, 0.2) is 30.3 Å². The van der Waals surface area contributed by atoms with E-state index in [4.69, 9.17) is 9.47 Å². The van der Waals surface area contributed by atoms with E-state index in [2.05, 4.69) is 24.0 Å². The summed E-state index contributed by atoms with van der Waals surface area (Å²) in [4.78, 5) is 16.6. The summed E-state index contributed by atoms with van der Waals surface area (Å²) in [6.07, 6.45) is 0. The highest BCUT2D eigenvalue weighted by atomic mass is 32.1. The monoisotopic (exact) mass is 361 g/mol. The topological polar surface area (TPSA) is 59.0 Å². The van der Waals surface area contributed by atoms with E-state index in [0.717, 1.165) is 12.1 Å². The molecular formula is C19H23NO4S. The van der Waals surface area contributed by atoms with Crippen molar-refractivity contribution in [2.24, 2.45) is 5.92 Å². The van der Waals surface area contributed by atoms with Gasteiger partial charge in [0, 0.05) is 40.9 Å². The fourth-order valence-corrected chi connectivity index (χ4v) is 4.51. The van der Waals surface area contributed by atoms with Gasteiger partial charge < -0.3 is 14.6 Å². The van der Waals surface area contributed by atoms with Crippen LogP contribution in [0.5, 0.6) is 11.5 Å². The number of carboxylic acids is 1. The van der Waals surface area contributed by atoms with Gasteiger partial charge in [-0.05, 0) is 25.1 Å². The van der Waals surface area contributed by atoms with E-state index in [9.17, 15) is 9.90 Å². The number of methoxy groups -OCH3 is 2. The van der Waals surface area contributed by atoms with E-state index in [1.54, 1.807) is 25.6 Å². The normalized spacial score (nSPS) is 20.6. The van der Waals surface area contributed by atoms with Crippen molar-refractivity contribution in [2.45, 2.75) is 19.4 Å². The number of aliphatic carboxylic acids is 1. The van der Waals surface area contributed by atoms with Crippen molar-refractivity contribution in [3.63, 3.8) is 0 Å². The minimum Gasteiger partial charge on any atom is -0.493 e. The Hall–Kier alpha value is -2.05. The third kappa shape index (κ3) is 3.65. The van der Waals surface area contributed by atoms with Crippen molar-refractivity contribution in [2.75, 3.05) is 27.3 Å². The van der Waals surface area contributed by atoms with E-state index in [-0.39, 0.29) is 5.92 Å². The van der Waals surface area contributed by atoms with Crippen molar-refractivity contribution in [3.05, 3.63) is 45.6 Å². The zero-order chi connectivity index (χ0) is 18.0. The molecule has 1 fully saturated rings. The first-order valence-electron chi connectivity index (χ1n) is 8.24. The van der Waals surface area contributed by atoms with Crippen LogP contribution in [0.3, 0.4) is 0 Å². The molecule has 1 aromatic carbocycles. The van der Waals surface area contributed by atoms with Crippen LogP contribution in [0.25, 0.3) is 0 Å².